The van der Waals surface area contributed by atoms with Crippen LogP contribution >= 0.6 is 11.3 Å². The molecule has 0 aliphatic carbocycles. The molecular weight excluding hydrogens is 320 g/mol. The fourth-order valence-electron chi connectivity index (χ4n) is 2.91. The van der Waals surface area contributed by atoms with Gasteiger partial charge in [0, 0.05) is 37.1 Å². The summed E-state index contributed by atoms with van der Waals surface area (Å²) in [4.78, 5) is 16.3. The third-order valence-electron chi connectivity index (χ3n) is 4.23. The van der Waals surface area contributed by atoms with E-state index in [2.05, 4.69) is 29.1 Å². The lowest BCUT2D eigenvalue weighted by atomic mass is 10.1. The fraction of sp³-hybridized carbons (Fsp3) is 0.389. The number of thiazole rings is 1. The van der Waals surface area contributed by atoms with Gasteiger partial charge in [-0.05, 0) is 24.1 Å². The first-order chi connectivity index (χ1) is 11.7. The Morgan fingerprint density at radius 2 is 2.25 bits per heavy atom. The molecule has 0 saturated heterocycles. The molecule has 0 radical (unpaired) electrons. The van der Waals surface area contributed by atoms with Crippen molar-refractivity contribution in [2.24, 2.45) is 0 Å². The van der Waals surface area contributed by atoms with Gasteiger partial charge in [0.1, 0.15) is 5.82 Å². The van der Waals surface area contributed by atoms with Crippen LogP contribution in [-0.2, 0) is 19.5 Å². The lowest BCUT2D eigenvalue weighted by Gasteiger charge is -2.27. The van der Waals surface area contributed by atoms with Crippen molar-refractivity contribution >= 4 is 11.3 Å². The van der Waals surface area contributed by atoms with Crippen LogP contribution in [0.15, 0.2) is 34.4 Å². The van der Waals surface area contributed by atoms with Crippen molar-refractivity contribution < 1.29 is 4.42 Å². The maximum absolute atomic E-state index is 5.42. The molecule has 0 fully saturated rings. The summed E-state index contributed by atoms with van der Waals surface area (Å²) in [6.07, 6.45) is 4.69. The van der Waals surface area contributed by atoms with Gasteiger partial charge < -0.3 is 4.42 Å². The molecule has 124 valence electrons. The van der Waals surface area contributed by atoms with Gasteiger partial charge in [0.05, 0.1) is 17.7 Å². The Labute approximate surface area is 145 Å². The van der Waals surface area contributed by atoms with Crippen LogP contribution in [0, 0.1) is 0 Å². The molecule has 5 nitrogen and oxygen atoms in total. The van der Waals surface area contributed by atoms with E-state index in [0.29, 0.717) is 5.92 Å². The molecule has 24 heavy (non-hydrogen) atoms. The molecule has 1 aliphatic rings. The van der Waals surface area contributed by atoms with Crippen LogP contribution in [0.2, 0.25) is 0 Å². The molecule has 6 heteroatoms. The van der Waals surface area contributed by atoms with E-state index in [1.807, 2.05) is 18.3 Å². The molecule has 0 spiro atoms. The minimum atomic E-state index is 0.361. The quantitative estimate of drug-likeness (QED) is 0.721. The van der Waals surface area contributed by atoms with E-state index in [-0.39, 0.29) is 0 Å². The van der Waals surface area contributed by atoms with Crippen LogP contribution in [0.25, 0.3) is 10.8 Å². The van der Waals surface area contributed by atoms with Crippen molar-refractivity contribution in [3.63, 3.8) is 0 Å². The van der Waals surface area contributed by atoms with Gasteiger partial charge in [-0.3, -0.25) is 4.90 Å². The summed E-state index contributed by atoms with van der Waals surface area (Å²) in [6.45, 7) is 7.00. The van der Waals surface area contributed by atoms with E-state index >= 15 is 0 Å². The summed E-state index contributed by atoms with van der Waals surface area (Å²) in [5.74, 6) is 2.13. The number of furan rings is 1. The van der Waals surface area contributed by atoms with Crippen molar-refractivity contribution in [2.75, 3.05) is 6.54 Å². The third kappa shape index (κ3) is 3.12. The number of fused-ring (bicyclic) bond motifs is 1. The minimum absolute atomic E-state index is 0.361. The lowest BCUT2D eigenvalue weighted by molar-refractivity contribution is 0.238. The van der Waals surface area contributed by atoms with E-state index in [0.717, 1.165) is 48.3 Å². The standard InChI is InChI=1S/C18H20N4OS/c1-12(2)17-19-8-13-5-6-22(10-15(13)21-17)9-14-11-24-18(20-14)16-4-3-7-23-16/h3-4,7-8,11-12H,5-6,9-10H2,1-2H3. The fourth-order valence-corrected chi connectivity index (χ4v) is 3.69. The van der Waals surface area contributed by atoms with Crippen LogP contribution in [-0.4, -0.2) is 26.4 Å². The molecule has 0 aromatic carbocycles. The molecule has 4 rings (SSSR count). The average molecular weight is 340 g/mol. The molecular formula is C18H20N4OS. The Morgan fingerprint density at radius 3 is 3.04 bits per heavy atom. The zero-order chi connectivity index (χ0) is 16.5. The highest BCUT2D eigenvalue weighted by atomic mass is 32.1. The van der Waals surface area contributed by atoms with Crippen molar-refractivity contribution in [3.05, 3.63) is 52.7 Å². The van der Waals surface area contributed by atoms with Crippen LogP contribution in [0.1, 0.15) is 42.5 Å². The Bertz CT molecular complexity index is 825. The van der Waals surface area contributed by atoms with Gasteiger partial charge in [-0.15, -0.1) is 11.3 Å². The van der Waals surface area contributed by atoms with Crippen molar-refractivity contribution in [1.29, 1.82) is 0 Å². The number of rotatable bonds is 4. The summed E-state index contributed by atoms with van der Waals surface area (Å²) >= 11 is 1.63. The van der Waals surface area contributed by atoms with Gasteiger partial charge >= 0.3 is 0 Å². The predicted molar refractivity (Wildman–Crippen MR) is 93.8 cm³/mol. The lowest BCUT2D eigenvalue weighted by Crippen LogP contribution is -2.31. The van der Waals surface area contributed by atoms with Crippen molar-refractivity contribution in [3.8, 4) is 10.8 Å². The first kappa shape index (κ1) is 15.5. The molecule has 3 aromatic heterocycles. The van der Waals surface area contributed by atoms with Crippen molar-refractivity contribution in [2.45, 2.75) is 39.3 Å². The SMILES string of the molecule is CC(C)c1ncc2c(n1)CN(Cc1csc(-c3ccco3)n1)CC2. The number of hydrogen-bond acceptors (Lipinski definition) is 6. The normalized spacial score (nSPS) is 15.0. The summed E-state index contributed by atoms with van der Waals surface area (Å²) in [5.41, 5.74) is 3.54. The van der Waals surface area contributed by atoms with E-state index in [9.17, 15) is 0 Å². The number of nitrogens with zero attached hydrogens (tertiary/aromatic N) is 4. The molecule has 0 saturated carbocycles. The van der Waals surface area contributed by atoms with E-state index in [4.69, 9.17) is 14.4 Å². The molecule has 0 N–H and O–H groups in total. The zero-order valence-electron chi connectivity index (χ0n) is 13.9. The Kier molecular flexibility index (Phi) is 4.16. The second kappa shape index (κ2) is 6.45. The average Bonchev–Trinajstić information content (AvgIpc) is 3.25. The summed E-state index contributed by atoms with van der Waals surface area (Å²) in [5, 5.41) is 3.06. The largest absolute Gasteiger partial charge is 0.462 e. The Balaban J connectivity index is 1.48. The monoisotopic (exact) mass is 340 g/mol. The van der Waals surface area contributed by atoms with Crippen LogP contribution in [0.4, 0.5) is 0 Å². The smallest absolute Gasteiger partial charge is 0.162 e. The molecule has 4 heterocycles. The Morgan fingerprint density at radius 1 is 1.33 bits per heavy atom. The maximum atomic E-state index is 5.42. The first-order valence-corrected chi connectivity index (χ1v) is 9.12. The summed E-state index contributed by atoms with van der Waals surface area (Å²) in [6, 6.07) is 3.84. The van der Waals surface area contributed by atoms with Gasteiger partial charge in [-0.25, -0.2) is 15.0 Å². The van der Waals surface area contributed by atoms with Gasteiger partial charge in [0.15, 0.2) is 10.8 Å². The van der Waals surface area contributed by atoms with Crippen LogP contribution in [0.3, 0.4) is 0 Å². The topological polar surface area (TPSA) is 55.1 Å². The maximum Gasteiger partial charge on any atom is 0.162 e. The molecule has 0 bridgehead atoms. The highest BCUT2D eigenvalue weighted by molar-refractivity contribution is 7.13. The van der Waals surface area contributed by atoms with Crippen LogP contribution < -0.4 is 0 Å². The second-order valence-corrected chi connectivity index (χ2v) is 7.29. The second-order valence-electron chi connectivity index (χ2n) is 6.44. The van der Waals surface area contributed by atoms with Gasteiger partial charge in [-0.2, -0.15) is 0 Å². The predicted octanol–water partition coefficient (Wildman–Crippen LogP) is 3.87. The zero-order valence-corrected chi connectivity index (χ0v) is 14.7. The van der Waals surface area contributed by atoms with Crippen LogP contribution in [0.5, 0.6) is 0 Å². The highest BCUT2D eigenvalue weighted by Gasteiger charge is 2.20. The minimum Gasteiger partial charge on any atom is -0.462 e. The van der Waals surface area contributed by atoms with E-state index in [1.54, 1.807) is 17.6 Å². The third-order valence-corrected chi connectivity index (χ3v) is 5.13. The summed E-state index contributed by atoms with van der Waals surface area (Å²) in [7, 11) is 0. The van der Waals surface area contributed by atoms with Crippen molar-refractivity contribution in [1.82, 2.24) is 19.9 Å². The molecule has 0 atom stereocenters. The van der Waals surface area contributed by atoms with E-state index < -0.39 is 0 Å². The highest BCUT2D eigenvalue weighted by Crippen LogP contribution is 2.26. The van der Waals surface area contributed by atoms with E-state index in [1.165, 1.54) is 11.3 Å². The summed E-state index contributed by atoms with van der Waals surface area (Å²) < 4.78 is 5.42. The number of aromatic nitrogens is 3. The molecule has 3 aromatic rings. The van der Waals surface area contributed by atoms with Gasteiger partial charge in [0.25, 0.3) is 0 Å². The molecule has 0 amide bonds. The number of hydrogen-bond donors (Lipinski definition) is 0. The molecule has 1 aliphatic heterocycles. The van der Waals surface area contributed by atoms with Gasteiger partial charge in [-0.1, -0.05) is 13.8 Å². The molecule has 0 unspecified atom stereocenters. The first-order valence-electron chi connectivity index (χ1n) is 8.24. The Hall–Kier alpha value is -2.05. The van der Waals surface area contributed by atoms with Gasteiger partial charge in [0.2, 0.25) is 0 Å².